The molecule has 3 aromatic rings. The minimum atomic E-state index is -0.307. The second-order valence-electron chi connectivity index (χ2n) is 4.39. The summed E-state index contributed by atoms with van der Waals surface area (Å²) in [5.41, 5.74) is 2.24. The summed E-state index contributed by atoms with van der Waals surface area (Å²) in [6, 6.07) is 12.0. The Kier molecular flexibility index (Phi) is 3.64. The van der Waals surface area contributed by atoms with Crippen LogP contribution in [0.15, 0.2) is 42.5 Å². The largest absolute Gasteiger partial charge is 0.295 e. The highest BCUT2D eigenvalue weighted by atomic mass is 35.5. The molecule has 0 fully saturated rings. The zero-order chi connectivity index (χ0) is 14.1. The van der Waals surface area contributed by atoms with Crippen LogP contribution < -0.4 is 0 Å². The first-order valence-electron chi connectivity index (χ1n) is 6.18. The molecule has 102 valence electrons. The Morgan fingerprint density at radius 1 is 1.15 bits per heavy atom. The molecule has 0 aliphatic rings. The fourth-order valence-electron chi connectivity index (χ4n) is 2.26. The number of para-hydroxylation sites is 1. The van der Waals surface area contributed by atoms with Gasteiger partial charge in [-0.3, -0.25) is 4.57 Å². The SMILES string of the molecule is Fc1ccc2c(c1)nc(CCCl)n2-c1ccccc1Cl. The van der Waals surface area contributed by atoms with E-state index in [0.29, 0.717) is 22.8 Å². The van der Waals surface area contributed by atoms with Gasteiger partial charge in [0.05, 0.1) is 21.7 Å². The van der Waals surface area contributed by atoms with Crippen molar-refractivity contribution >= 4 is 34.2 Å². The number of imidazole rings is 1. The van der Waals surface area contributed by atoms with Crippen molar-refractivity contribution in [1.29, 1.82) is 0 Å². The smallest absolute Gasteiger partial charge is 0.125 e. The third-order valence-electron chi connectivity index (χ3n) is 3.10. The summed E-state index contributed by atoms with van der Waals surface area (Å²) < 4.78 is 15.3. The van der Waals surface area contributed by atoms with Crippen molar-refractivity contribution in [2.24, 2.45) is 0 Å². The molecule has 5 heteroatoms. The Morgan fingerprint density at radius 2 is 1.95 bits per heavy atom. The van der Waals surface area contributed by atoms with E-state index in [1.165, 1.54) is 12.1 Å². The molecule has 2 nitrogen and oxygen atoms in total. The maximum atomic E-state index is 13.3. The van der Waals surface area contributed by atoms with Gasteiger partial charge in [-0.2, -0.15) is 0 Å². The zero-order valence-electron chi connectivity index (χ0n) is 10.5. The standard InChI is InChI=1S/C15H11Cl2FN2/c16-8-7-15-19-12-9-10(18)5-6-14(12)20(15)13-4-2-1-3-11(13)17/h1-6,9H,7-8H2. The molecule has 0 aliphatic heterocycles. The molecule has 20 heavy (non-hydrogen) atoms. The number of aryl methyl sites for hydroxylation is 1. The summed E-state index contributed by atoms with van der Waals surface area (Å²) >= 11 is 12.1. The van der Waals surface area contributed by atoms with Crippen LogP contribution in [0.3, 0.4) is 0 Å². The highest BCUT2D eigenvalue weighted by Gasteiger charge is 2.14. The molecule has 1 aromatic heterocycles. The van der Waals surface area contributed by atoms with Crippen LogP contribution in [-0.4, -0.2) is 15.4 Å². The van der Waals surface area contributed by atoms with Gasteiger partial charge in [-0.05, 0) is 24.3 Å². The van der Waals surface area contributed by atoms with Crippen LogP contribution >= 0.6 is 23.2 Å². The molecule has 0 spiro atoms. The Balaban J connectivity index is 2.32. The van der Waals surface area contributed by atoms with Crippen LogP contribution in [0.4, 0.5) is 4.39 Å². The normalized spacial score (nSPS) is 11.2. The molecule has 0 unspecified atom stereocenters. The Bertz CT molecular complexity index is 768. The molecule has 0 atom stereocenters. The maximum Gasteiger partial charge on any atom is 0.125 e. The molecule has 0 N–H and O–H groups in total. The van der Waals surface area contributed by atoms with Crippen molar-refractivity contribution in [3.8, 4) is 5.69 Å². The lowest BCUT2D eigenvalue weighted by molar-refractivity contribution is 0.629. The molecule has 0 aliphatic carbocycles. The third-order valence-corrected chi connectivity index (χ3v) is 3.61. The first kappa shape index (κ1) is 13.4. The first-order valence-corrected chi connectivity index (χ1v) is 7.09. The van der Waals surface area contributed by atoms with Gasteiger partial charge in [0.15, 0.2) is 0 Å². The molecular weight excluding hydrogens is 298 g/mol. The summed E-state index contributed by atoms with van der Waals surface area (Å²) in [6.07, 6.45) is 0.586. The maximum absolute atomic E-state index is 13.3. The van der Waals surface area contributed by atoms with Gasteiger partial charge in [-0.15, -0.1) is 11.6 Å². The lowest BCUT2D eigenvalue weighted by atomic mass is 10.2. The second-order valence-corrected chi connectivity index (χ2v) is 5.17. The molecule has 0 saturated carbocycles. The van der Waals surface area contributed by atoms with Gasteiger partial charge < -0.3 is 0 Å². The molecule has 3 rings (SSSR count). The quantitative estimate of drug-likeness (QED) is 0.647. The second kappa shape index (κ2) is 5.43. The Labute approximate surface area is 125 Å². The van der Waals surface area contributed by atoms with E-state index in [0.717, 1.165) is 17.0 Å². The highest BCUT2D eigenvalue weighted by molar-refractivity contribution is 6.32. The van der Waals surface area contributed by atoms with Gasteiger partial charge in [0.2, 0.25) is 0 Å². The van der Waals surface area contributed by atoms with E-state index in [1.54, 1.807) is 6.07 Å². The van der Waals surface area contributed by atoms with Crippen molar-refractivity contribution in [3.63, 3.8) is 0 Å². The Morgan fingerprint density at radius 3 is 2.70 bits per heavy atom. The van der Waals surface area contributed by atoms with Crippen molar-refractivity contribution in [3.05, 3.63) is 59.1 Å². The van der Waals surface area contributed by atoms with Gasteiger partial charge >= 0.3 is 0 Å². The number of rotatable bonds is 3. The molecular formula is C15H11Cl2FN2. The van der Waals surface area contributed by atoms with Crippen LogP contribution in [-0.2, 0) is 6.42 Å². The first-order chi connectivity index (χ1) is 9.70. The van der Waals surface area contributed by atoms with Crippen LogP contribution in [0.25, 0.3) is 16.7 Å². The van der Waals surface area contributed by atoms with Gasteiger partial charge in [0.25, 0.3) is 0 Å². The molecule has 0 radical (unpaired) electrons. The third kappa shape index (κ3) is 2.28. The summed E-state index contributed by atoms with van der Waals surface area (Å²) in [7, 11) is 0. The number of halogens is 3. The van der Waals surface area contributed by atoms with E-state index in [2.05, 4.69) is 4.98 Å². The number of hydrogen-bond donors (Lipinski definition) is 0. The fourth-order valence-corrected chi connectivity index (χ4v) is 2.65. The number of hydrogen-bond acceptors (Lipinski definition) is 1. The highest BCUT2D eigenvalue weighted by Crippen LogP contribution is 2.27. The van der Waals surface area contributed by atoms with E-state index in [-0.39, 0.29) is 5.82 Å². The minimum Gasteiger partial charge on any atom is -0.295 e. The van der Waals surface area contributed by atoms with E-state index in [4.69, 9.17) is 23.2 Å². The van der Waals surface area contributed by atoms with Crippen molar-refractivity contribution < 1.29 is 4.39 Å². The van der Waals surface area contributed by atoms with Crippen molar-refractivity contribution in [2.75, 3.05) is 5.88 Å². The predicted octanol–water partition coefficient (Wildman–Crippen LogP) is 4.60. The summed E-state index contributed by atoms with van der Waals surface area (Å²) in [5, 5.41) is 0.618. The number of benzene rings is 2. The lowest BCUT2D eigenvalue weighted by Gasteiger charge is -2.10. The number of fused-ring (bicyclic) bond motifs is 1. The Hall–Kier alpha value is -1.58. The molecule has 1 heterocycles. The minimum absolute atomic E-state index is 0.307. The predicted molar refractivity (Wildman–Crippen MR) is 80.5 cm³/mol. The topological polar surface area (TPSA) is 17.8 Å². The summed E-state index contributed by atoms with van der Waals surface area (Å²) in [4.78, 5) is 4.46. The van der Waals surface area contributed by atoms with E-state index in [9.17, 15) is 4.39 Å². The molecule has 0 saturated heterocycles. The van der Waals surface area contributed by atoms with Gasteiger partial charge in [-0.1, -0.05) is 23.7 Å². The van der Waals surface area contributed by atoms with Gasteiger partial charge in [0, 0.05) is 18.4 Å². The van der Waals surface area contributed by atoms with Crippen LogP contribution in [0.5, 0.6) is 0 Å². The fraction of sp³-hybridized carbons (Fsp3) is 0.133. The van der Waals surface area contributed by atoms with Crippen molar-refractivity contribution in [2.45, 2.75) is 6.42 Å². The van der Waals surface area contributed by atoms with Gasteiger partial charge in [0.1, 0.15) is 11.6 Å². The molecule has 2 aromatic carbocycles. The molecule has 0 amide bonds. The van der Waals surface area contributed by atoms with Crippen LogP contribution in [0.1, 0.15) is 5.82 Å². The number of alkyl halides is 1. The van der Waals surface area contributed by atoms with Crippen LogP contribution in [0.2, 0.25) is 5.02 Å². The average Bonchev–Trinajstić information content (AvgIpc) is 2.77. The zero-order valence-corrected chi connectivity index (χ0v) is 12.0. The average molecular weight is 309 g/mol. The molecule has 0 bridgehead atoms. The van der Waals surface area contributed by atoms with E-state index >= 15 is 0 Å². The van der Waals surface area contributed by atoms with Crippen LogP contribution in [0, 0.1) is 5.82 Å². The summed E-state index contributed by atoms with van der Waals surface area (Å²) in [5.74, 6) is 0.906. The lowest BCUT2D eigenvalue weighted by Crippen LogP contribution is -2.02. The number of nitrogens with zero attached hydrogens (tertiary/aromatic N) is 2. The monoisotopic (exact) mass is 308 g/mol. The van der Waals surface area contributed by atoms with Gasteiger partial charge in [-0.25, -0.2) is 9.37 Å². The number of aromatic nitrogens is 2. The van der Waals surface area contributed by atoms with Crippen molar-refractivity contribution in [1.82, 2.24) is 9.55 Å². The summed E-state index contributed by atoms with van der Waals surface area (Å²) in [6.45, 7) is 0. The van der Waals surface area contributed by atoms with E-state index in [1.807, 2.05) is 28.8 Å². The van der Waals surface area contributed by atoms with E-state index < -0.39 is 0 Å².